The lowest BCUT2D eigenvalue weighted by atomic mass is 10.1. The smallest absolute Gasteiger partial charge is 0.315 e. The zero-order valence-corrected chi connectivity index (χ0v) is 11.0. The number of amides is 2. The second-order valence-corrected chi connectivity index (χ2v) is 5.56. The molecule has 0 radical (unpaired) electrons. The quantitative estimate of drug-likeness (QED) is 0.432. The largest absolute Gasteiger partial charge is 0.481 e. The Kier molecular flexibility index (Phi) is 7.29. The Hall–Kier alpha value is -1.35. The Morgan fingerprint density at radius 2 is 2.00 bits per heavy atom. The highest BCUT2D eigenvalue weighted by molar-refractivity contribution is 7.89. The van der Waals surface area contributed by atoms with Gasteiger partial charge < -0.3 is 15.7 Å². The fraction of sp³-hybridized carbons (Fsp3) is 0.778. The molecule has 8 nitrogen and oxygen atoms in total. The van der Waals surface area contributed by atoms with E-state index < -0.39 is 28.1 Å². The van der Waals surface area contributed by atoms with Crippen molar-refractivity contribution in [3.05, 3.63) is 0 Å². The molecule has 9 heteroatoms. The van der Waals surface area contributed by atoms with Crippen LogP contribution in [0.15, 0.2) is 0 Å². The van der Waals surface area contributed by atoms with E-state index >= 15 is 0 Å². The van der Waals surface area contributed by atoms with Crippen LogP contribution in [0.5, 0.6) is 0 Å². The Labute approximate surface area is 106 Å². The van der Waals surface area contributed by atoms with Crippen LogP contribution in [0.4, 0.5) is 4.79 Å². The average molecular weight is 281 g/mol. The van der Waals surface area contributed by atoms with Crippen molar-refractivity contribution in [2.24, 2.45) is 5.14 Å². The minimum Gasteiger partial charge on any atom is -0.481 e. The molecule has 5 N–H and O–H groups in total. The second kappa shape index (κ2) is 7.88. The molecule has 0 rings (SSSR count). The summed E-state index contributed by atoms with van der Waals surface area (Å²) in [5.74, 6) is -1.20. The summed E-state index contributed by atoms with van der Waals surface area (Å²) in [7, 11) is -3.52. The zero-order chi connectivity index (χ0) is 14.2. The molecule has 0 bridgehead atoms. The van der Waals surface area contributed by atoms with E-state index in [0.717, 1.165) is 0 Å². The molecule has 0 saturated carbocycles. The number of nitrogens with one attached hydrogen (secondary N) is 2. The van der Waals surface area contributed by atoms with Gasteiger partial charge in [-0.15, -0.1) is 0 Å². The Morgan fingerprint density at radius 3 is 2.44 bits per heavy atom. The number of carbonyl (C=O) groups is 2. The maximum absolute atomic E-state index is 11.3. The summed E-state index contributed by atoms with van der Waals surface area (Å²) in [4.78, 5) is 21.8. The number of hydrogen-bond donors (Lipinski definition) is 4. The molecule has 0 spiro atoms. The molecule has 0 heterocycles. The molecule has 0 aliphatic rings. The molecule has 0 aliphatic heterocycles. The van der Waals surface area contributed by atoms with Gasteiger partial charge in [-0.2, -0.15) is 0 Å². The Bertz CT molecular complexity index is 382. The fourth-order valence-electron chi connectivity index (χ4n) is 1.22. The molecule has 106 valence electrons. The minimum absolute atomic E-state index is 0.152. The van der Waals surface area contributed by atoms with Crippen LogP contribution in [-0.2, 0) is 14.8 Å². The maximum atomic E-state index is 11.3. The molecule has 0 saturated heterocycles. The van der Waals surface area contributed by atoms with Crippen molar-refractivity contribution >= 4 is 22.0 Å². The summed E-state index contributed by atoms with van der Waals surface area (Å²) < 4.78 is 21.2. The Balaban J connectivity index is 3.85. The van der Waals surface area contributed by atoms with Crippen molar-refractivity contribution in [2.75, 3.05) is 12.3 Å². The summed E-state index contributed by atoms with van der Waals surface area (Å²) >= 11 is 0. The van der Waals surface area contributed by atoms with Gasteiger partial charge in [0.05, 0.1) is 12.2 Å². The molecule has 0 aliphatic carbocycles. The number of primary sulfonamides is 1. The molecule has 0 aromatic carbocycles. The number of nitrogens with two attached hydrogens (primary N) is 1. The first kappa shape index (κ1) is 16.6. The predicted molar refractivity (Wildman–Crippen MR) is 65.5 cm³/mol. The van der Waals surface area contributed by atoms with Crippen molar-refractivity contribution < 1.29 is 23.1 Å². The molecular weight excluding hydrogens is 262 g/mol. The van der Waals surface area contributed by atoms with Gasteiger partial charge in [-0.1, -0.05) is 6.92 Å². The molecule has 1 atom stereocenters. The van der Waals surface area contributed by atoms with Crippen LogP contribution in [-0.4, -0.2) is 43.9 Å². The third-order valence-electron chi connectivity index (χ3n) is 2.14. The number of aliphatic carboxylic acids is 1. The normalized spacial score (nSPS) is 12.8. The van der Waals surface area contributed by atoms with Gasteiger partial charge in [0.25, 0.3) is 0 Å². The van der Waals surface area contributed by atoms with E-state index in [2.05, 4.69) is 10.6 Å². The maximum Gasteiger partial charge on any atom is 0.315 e. The first-order valence-electron chi connectivity index (χ1n) is 5.51. The van der Waals surface area contributed by atoms with E-state index in [1.54, 1.807) is 6.92 Å². The van der Waals surface area contributed by atoms with Gasteiger partial charge in [0.1, 0.15) is 0 Å². The van der Waals surface area contributed by atoms with Crippen molar-refractivity contribution in [3.63, 3.8) is 0 Å². The van der Waals surface area contributed by atoms with E-state index in [4.69, 9.17) is 10.2 Å². The van der Waals surface area contributed by atoms with Crippen LogP contribution in [0.1, 0.15) is 26.2 Å². The summed E-state index contributed by atoms with van der Waals surface area (Å²) in [6, 6.07) is -0.960. The Morgan fingerprint density at radius 1 is 1.39 bits per heavy atom. The van der Waals surface area contributed by atoms with Gasteiger partial charge >= 0.3 is 12.0 Å². The lowest BCUT2D eigenvalue weighted by Gasteiger charge is -2.15. The third-order valence-corrected chi connectivity index (χ3v) is 3.00. The van der Waals surface area contributed by atoms with E-state index in [-0.39, 0.29) is 25.1 Å². The van der Waals surface area contributed by atoms with Gasteiger partial charge in [0.2, 0.25) is 10.0 Å². The third kappa shape index (κ3) is 9.85. The SMILES string of the molecule is CCC(CC(=O)O)NC(=O)NCCCS(N)(=O)=O. The number of urea groups is 1. The monoisotopic (exact) mass is 281 g/mol. The summed E-state index contributed by atoms with van der Waals surface area (Å²) in [6.07, 6.45) is 0.556. The summed E-state index contributed by atoms with van der Waals surface area (Å²) in [5, 5.41) is 18.3. The topological polar surface area (TPSA) is 139 Å². The molecule has 0 fully saturated rings. The summed E-state index contributed by atoms with van der Waals surface area (Å²) in [6.45, 7) is 1.92. The van der Waals surface area contributed by atoms with Gasteiger partial charge in [-0.3, -0.25) is 4.79 Å². The zero-order valence-electron chi connectivity index (χ0n) is 10.2. The highest BCUT2D eigenvalue weighted by Crippen LogP contribution is 1.97. The first-order chi connectivity index (χ1) is 8.24. The molecule has 0 aromatic heterocycles. The van der Waals surface area contributed by atoms with Crippen LogP contribution < -0.4 is 15.8 Å². The number of rotatable bonds is 8. The number of hydrogen-bond acceptors (Lipinski definition) is 4. The van der Waals surface area contributed by atoms with Crippen molar-refractivity contribution in [1.29, 1.82) is 0 Å². The lowest BCUT2D eigenvalue weighted by molar-refractivity contribution is -0.137. The van der Waals surface area contributed by atoms with Crippen LogP contribution in [0, 0.1) is 0 Å². The molecular formula is C9H19N3O5S. The van der Waals surface area contributed by atoms with Gasteiger partial charge in [-0.25, -0.2) is 18.4 Å². The molecule has 0 aromatic rings. The van der Waals surface area contributed by atoms with Crippen molar-refractivity contribution in [1.82, 2.24) is 10.6 Å². The van der Waals surface area contributed by atoms with E-state index in [1.807, 2.05) is 0 Å². The van der Waals surface area contributed by atoms with Gasteiger partial charge in [-0.05, 0) is 12.8 Å². The highest BCUT2D eigenvalue weighted by Gasteiger charge is 2.13. The fourth-order valence-corrected chi connectivity index (χ4v) is 1.77. The van der Waals surface area contributed by atoms with Crippen LogP contribution in [0.2, 0.25) is 0 Å². The second-order valence-electron chi connectivity index (χ2n) is 3.82. The predicted octanol–water partition coefficient (Wildman–Crippen LogP) is -0.782. The highest BCUT2D eigenvalue weighted by atomic mass is 32.2. The molecule has 2 amide bonds. The van der Waals surface area contributed by atoms with Crippen LogP contribution >= 0.6 is 0 Å². The number of carboxylic acid groups (broad SMARTS) is 1. The van der Waals surface area contributed by atoms with Crippen molar-refractivity contribution in [2.45, 2.75) is 32.2 Å². The van der Waals surface area contributed by atoms with E-state index in [9.17, 15) is 18.0 Å². The van der Waals surface area contributed by atoms with Crippen molar-refractivity contribution in [3.8, 4) is 0 Å². The van der Waals surface area contributed by atoms with Gasteiger partial charge in [0, 0.05) is 12.6 Å². The standard InChI is InChI=1S/C9H19N3O5S/c1-2-7(6-8(13)14)12-9(15)11-4-3-5-18(10,16)17/h7H,2-6H2,1H3,(H,13,14)(H2,10,16,17)(H2,11,12,15). The summed E-state index contributed by atoms with van der Waals surface area (Å²) in [5.41, 5.74) is 0. The minimum atomic E-state index is -3.52. The first-order valence-corrected chi connectivity index (χ1v) is 7.22. The van der Waals surface area contributed by atoms with Gasteiger partial charge in [0.15, 0.2) is 0 Å². The molecule has 1 unspecified atom stereocenters. The lowest BCUT2D eigenvalue weighted by Crippen LogP contribution is -2.43. The number of carbonyl (C=O) groups excluding carboxylic acids is 1. The van der Waals surface area contributed by atoms with E-state index in [1.165, 1.54) is 0 Å². The molecule has 18 heavy (non-hydrogen) atoms. The number of carboxylic acids is 1. The van der Waals surface area contributed by atoms with Crippen LogP contribution in [0.3, 0.4) is 0 Å². The average Bonchev–Trinajstić information content (AvgIpc) is 2.21. The van der Waals surface area contributed by atoms with Crippen LogP contribution in [0.25, 0.3) is 0 Å². The van der Waals surface area contributed by atoms with E-state index in [0.29, 0.717) is 6.42 Å². The number of sulfonamides is 1.